The molecule has 2 rings (SSSR count). The van der Waals surface area contributed by atoms with E-state index in [0.29, 0.717) is 5.75 Å². The number of nitrogens with zero attached hydrogens (tertiary/aromatic N) is 4. The Bertz CT molecular complexity index is 373. The summed E-state index contributed by atoms with van der Waals surface area (Å²) in [5.74, 6) is 0.619. The van der Waals surface area contributed by atoms with Gasteiger partial charge in [0.15, 0.2) is 5.16 Å². The predicted molar refractivity (Wildman–Crippen MR) is 65.8 cm³/mol. The number of carbonyl (C=O) groups is 1. The van der Waals surface area contributed by atoms with E-state index in [9.17, 15) is 4.79 Å². The number of nitrogens with one attached hydrogen (secondary N) is 1. The molecule has 1 aliphatic rings. The molecule has 0 bridgehead atoms. The van der Waals surface area contributed by atoms with Crippen molar-refractivity contribution in [2.45, 2.75) is 11.6 Å². The third-order valence-corrected chi connectivity index (χ3v) is 3.71. The van der Waals surface area contributed by atoms with Crippen LogP contribution in [0.3, 0.4) is 0 Å². The van der Waals surface area contributed by atoms with Crippen molar-refractivity contribution in [1.82, 2.24) is 25.0 Å². The van der Waals surface area contributed by atoms with Crippen LogP contribution >= 0.6 is 11.8 Å². The second-order valence-corrected chi connectivity index (χ2v) is 4.88. The topological polar surface area (TPSA) is 63.1 Å². The number of aryl methyl sites for hydroxylation is 1. The number of thioether (sulfide) groups is 1. The number of rotatable bonds is 3. The van der Waals surface area contributed by atoms with Gasteiger partial charge in [-0.2, -0.15) is 5.10 Å². The van der Waals surface area contributed by atoms with E-state index in [2.05, 4.69) is 15.4 Å². The van der Waals surface area contributed by atoms with Crippen LogP contribution in [-0.4, -0.2) is 57.5 Å². The maximum absolute atomic E-state index is 12.0. The van der Waals surface area contributed by atoms with E-state index in [-0.39, 0.29) is 5.91 Å². The zero-order valence-electron chi connectivity index (χ0n) is 9.93. The summed E-state index contributed by atoms with van der Waals surface area (Å²) in [6, 6.07) is 0. The monoisotopic (exact) mass is 255 g/mol. The van der Waals surface area contributed by atoms with Crippen LogP contribution in [0.25, 0.3) is 0 Å². The minimum Gasteiger partial charge on any atom is -0.341 e. The highest BCUT2D eigenvalue weighted by molar-refractivity contribution is 7.99. The molecule has 0 saturated carbocycles. The van der Waals surface area contributed by atoms with E-state index in [1.165, 1.54) is 18.1 Å². The molecule has 0 unspecified atom stereocenters. The first kappa shape index (κ1) is 12.4. The molecule has 0 atom stereocenters. The van der Waals surface area contributed by atoms with Crippen LogP contribution in [0.5, 0.6) is 0 Å². The van der Waals surface area contributed by atoms with Gasteiger partial charge < -0.3 is 10.2 Å². The van der Waals surface area contributed by atoms with Crippen LogP contribution in [0.4, 0.5) is 0 Å². The molecule has 1 saturated heterocycles. The quantitative estimate of drug-likeness (QED) is 0.753. The highest BCUT2D eigenvalue weighted by Gasteiger charge is 2.16. The molecular weight excluding hydrogens is 238 g/mol. The summed E-state index contributed by atoms with van der Waals surface area (Å²) in [5, 5.41) is 8.04. The predicted octanol–water partition coefficient (Wildman–Crippen LogP) is -0.271. The van der Waals surface area contributed by atoms with Crippen molar-refractivity contribution in [1.29, 1.82) is 0 Å². The van der Waals surface area contributed by atoms with E-state index in [1.807, 2.05) is 11.9 Å². The molecule has 0 radical (unpaired) electrons. The summed E-state index contributed by atoms with van der Waals surface area (Å²) < 4.78 is 1.68. The Morgan fingerprint density at radius 1 is 1.53 bits per heavy atom. The summed E-state index contributed by atoms with van der Waals surface area (Å²) >= 11 is 1.44. The fourth-order valence-corrected chi connectivity index (χ4v) is 2.52. The molecular formula is C10H17N5OS. The Kier molecular flexibility index (Phi) is 4.38. The van der Waals surface area contributed by atoms with Gasteiger partial charge in [-0.15, -0.1) is 0 Å². The van der Waals surface area contributed by atoms with Gasteiger partial charge in [0.05, 0.1) is 5.75 Å². The van der Waals surface area contributed by atoms with Gasteiger partial charge in [-0.3, -0.25) is 4.79 Å². The summed E-state index contributed by atoms with van der Waals surface area (Å²) in [7, 11) is 1.83. The van der Waals surface area contributed by atoms with E-state index < -0.39 is 0 Å². The average Bonchev–Trinajstić information content (AvgIpc) is 2.58. The maximum Gasteiger partial charge on any atom is 0.233 e. The Labute approximate surface area is 105 Å². The van der Waals surface area contributed by atoms with E-state index in [1.54, 1.807) is 4.68 Å². The van der Waals surface area contributed by atoms with E-state index >= 15 is 0 Å². The van der Waals surface area contributed by atoms with Crippen molar-refractivity contribution >= 4 is 17.7 Å². The highest BCUT2D eigenvalue weighted by atomic mass is 32.2. The van der Waals surface area contributed by atoms with Gasteiger partial charge in [0.1, 0.15) is 6.33 Å². The summed E-state index contributed by atoms with van der Waals surface area (Å²) in [5.41, 5.74) is 0. The van der Waals surface area contributed by atoms with Crippen molar-refractivity contribution < 1.29 is 4.79 Å². The number of carbonyl (C=O) groups excluding carboxylic acids is 1. The molecule has 1 aromatic rings. The Hall–Kier alpha value is -1.08. The molecule has 0 spiro atoms. The van der Waals surface area contributed by atoms with Gasteiger partial charge in [0.25, 0.3) is 0 Å². The number of hydrogen-bond donors (Lipinski definition) is 1. The number of amides is 1. The lowest BCUT2D eigenvalue weighted by Crippen LogP contribution is -2.35. The molecule has 1 N–H and O–H groups in total. The Balaban J connectivity index is 1.82. The zero-order valence-corrected chi connectivity index (χ0v) is 10.7. The van der Waals surface area contributed by atoms with Gasteiger partial charge >= 0.3 is 0 Å². The lowest BCUT2D eigenvalue weighted by molar-refractivity contribution is -0.128. The minimum absolute atomic E-state index is 0.182. The minimum atomic E-state index is 0.182. The summed E-state index contributed by atoms with van der Waals surface area (Å²) in [6.07, 6.45) is 2.53. The van der Waals surface area contributed by atoms with Crippen molar-refractivity contribution in [2.75, 3.05) is 31.9 Å². The molecule has 7 heteroatoms. The second kappa shape index (κ2) is 6.02. The average molecular weight is 255 g/mol. The van der Waals surface area contributed by atoms with E-state index in [0.717, 1.165) is 37.8 Å². The first-order chi connectivity index (χ1) is 8.27. The summed E-state index contributed by atoms with van der Waals surface area (Å²) in [6.45, 7) is 3.55. The van der Waals surface area contributed by atoms with Crippen LogP contribution in [-0.2, 0) is 11.8 Å². The Morgan fingerprint density at radius 3 is 3.18 bits per heavy atom. The van der Waals surface area contributed by atoms with Gasteiger partial charge in [-0.1, -0.05) is 11.8 Å². The lowest BCUT2D eigenvalue weighted by Gasteiger charge is -2.19. The van der Waals surface area contributed by atoms with Crippen LogP contribution < -0.4 is 5.32 Å². The molecule has 1 aliphatic heterocycles. The SMILES string of the molecule is Cn1ncnc1SCC(=O)N1CCCNCC1. The van der Waals surface area contributed by atoms with E-state index in [4.69, 9.17) is 0 Å². The first-order valence-electron chi connectivity index (χ1n) is 5.72. The van der Waals surface area contributed by atoms with Crippen molar-refractivity contribution in [2.24, 2.45) is 7.05 Å². The highest BCUT2D eigenvalue weighted by Crippen LogP contribution is 2.14. The first-order valence-corrected chi connectivity index (χ1v) is 6.71. The second-order valence-electron chi connectivity index (χ2n) is 3.94. The van der Waals surface area contributed by atoms with Crippen molar-refractivity contribution in [3.05, 3.63) is 6.33 Å². The zero-order chi connectivity index (χ0) is 12.1. The van der Waals surface area contributed by atoms with Gasteiger partial charge in [0, 0.05) is 26.7 Å². The molecule has 2 heterocycles. The molecule has 1 fully saturated rings. The van der Waals surface area contributed by atoms with Crippen molar-refractivity contribution in [3.8, 4) is 0 Å². The van der Waals surface area contributed by atoms with Crippen LogP contribution in [0.1, 0.15) is 6.42 Å². The molecule has 1 aromatic heterocycles. The smallest absolute Gasteiger partial charge is 0.233 e. The largest absolute Gasteiger partial charge is 0.341 e. The van der Waals surface area contributed by atoms with Gasteiger partial charge in [0.2, 0.25) is 5.91 Å². The maximum atomic E-state index is 12.0. The molecule has 17 heavy (non-hydrogen) atoms. The molecule has 0 aromatic carbocycles. The van der Waals surface area contributed by atoms with Crippen LogP contribution in [0.2, 0.25) is 0 Å². The van der Waals surface area contributed by atoms with Gasteiger partial charge in [-0.05, 0) is 13.0 Å². The lowest BCUT2D eigenvalue weighted by atomic mass is 10.4. The number of hydrogen-bond acceptors (Lipinski definition) is 5. The third-order valence-electron chi connectivity index (χ3n) is 2.69. The Morgan fingerprint density at radius 2 is 2.41 bits per heavy atom. The van der Waals surface area contributed by atoms with Crippen LogP contribution in [0.15, 0.2) is 11.5 Å². The normalized spacial score (nSPS) is 16.9. The standard InChI is InChI=1S/C10H17N5OS/c1-14-10(12-8-13-14)17-7-9(16)15-5-2-3-11-4-6-15/h8,11H,2-7H2,1H3. The fraction of sp³-hybridized carbons (Fsp3) is 0.700. The van der Waals surface area contributed by atoms with Gasteiger partial charge in [-0.25, -0.2) is 9.67 Å². The molecule has 1 amide bonds. The third kappa shape index (κ3) is 3.44. The van der Waals surface area contributed by atoms with Crippen LogP contribution in [0, 0.1) is 0 Å². The molecule has 94 valence electrons. The fourth-order valence-electron chi connectivity index (χ4n) is 1.73. The summed E-state index contributed by atoms with van der Waals surface area (Å²) in [4.78, 5) is 18.0. The number of aromatic nitrogens is 3. The molecule has 0 aliphatic carbocycles. The van der Waals surface area contributed by atoms with Crippen molar-refractivity contribution in [3.63, 3.8) is 0 Å². The molecule has 6 nitrogen and oxygen atoms in total.